The Balaban J connectivity index is 1.96. The quantitative estimate of drug-likeness (QED) is 0.854. The van der Waals surface area contributed by atoms with E-state index in [0.717, 1.165) is 0 Å². The van der Waals surface area contributed by atoms with Crippen molar-refractivity contribution in [2.45, 2.75) is 22.2 Å². The molecule has 128 valence electrons. The second-order valence-corrected chi connectivity index (χ2v) is 8.94. The van der Waals surface area contributed by atoms with Crippen LogP contribution in [0.2, 0.25) is 0 Å². The van der Waals surface area contributed by atoms with Gasteiger partial charge in [0.1, 0.15) is 10.9 Å². The van der Waals surface area contributed by atoms with E-state index >= 15 is 0 Å². The fourth-order valence-electron chi connectivity index (χ4n) is 4.38. The van der Waals surface area contributed by atoms with Crippen molar-refractivity contribution in [2.24, 2.45) is 11.8 Å². The van der Waals surface area contributed by atoms with Gasteiger partial charge in [-0.25, -0.2) is 8.42 Å². The third-order valence-corrected chi connectivity index (χ3v) is 8.17. The SMILES string of the molecule is C=C1[C@H]2C=C[C@H](C2)[C@]1([C@@H](O)c1ccccc1)S(=O)(=O)c1ccccc1. The van der Waals surface area contributed by atoms with Crippen LogP contribution in [-0.4, -0.2) is 18.3 Å². The van der Waals surface area contributed by atoms with Gasteiger partial charge >= 0.3 is 0 Å². The van der Waals surface area contributed by atoms with Crippen LogP contribution in [0.5, 0.6) is 0 Å². The minimum absolute atomic E-state index is 0.00171. The Bertz CT molecular complexity index is 932. The molecule has 0 amide bonds. The van der Waals surface area contributed by atoms with E-state index in [1.165, 1.54) is 0 Å². The van der Waals surface area contributed by atoms with Gasteiger partial charge in [0.05, 0.1) is 4.90 Å². The molecular formula is C21H20O3S. The van der Waals surface area contributed by atoms with Crippen molar-refractivity contribution < 1.29 is 13.5 Å². The fraction of sp³-hybridized carbons (Fsp3) is 0.238. The Hall–Kier alpha value is -2.17. The van der Waals surface area contributed by atoms with Gasteiger partial charge in [-0.2, -0.15) is 0 Å². The molecule has 4 heteroatoms. The van der Waals surface area contributed by atoms with Gasteiger partial charge < -0.3 is 5.11 Å². The van der Waals surface area contributed by atoms with E-state index in [1.54, 1.807) is 42.5 Å². The Labute approximate surface area is 148 Å². The van der Waals surface area contributed by atoms with Gasteiger partial charge in [0, 0.05) is 5.92 Å². The average molecular weight is 352 g/mol. The standard InChI is InChI=1S/C21H20O3S/c1-15-17-12-13-18(14-17)21(15,20(22)16-8-4-2-5-9-16)25(23,24)19-10-6-3-7-11-19/h2-13,17-18,20,22H,1,14H2/t17-,18+,20-,21+/m0/s1. The molecule has 4 rings (SSSR count). The van der Waals surface area contributed by atoms with Crippen LogP contribution in [0, 0.1) is 11.8 Å². The van der Waals surface area contributed by atoms with Crippen LogP contribution in [0.1, 0.15) is 18.1 Å². The van der Waals surface area contributed by atoms with Crippen molar-refractivity contribution in [3.05, 3.63) is 90.5 Å². The third-order valence-electron chi connectivity index (χ3n) is 5.60. The molecule has 4 atom stereocenters. The molecule has 2 aliphatic rings. The Morgan fingerprint density at radius 2 is 1.60 bits per heavy atom. The third kappa shape index (κ3) is 2.11. The van der Waals surface area contributed by atoms with Crippen LogP contribution < -0.4 is 0 Å². The van der Waals surface area contributed by atoms with Gasteiger partial charge in [-0.1, -0.05) is 67.3 Å². The maximum absolute atomic E-state index is 13.7. The number of aliphatic hydroxyl groups excluding tert-OH is 1. The smallest absolute Gasteiger partial charge is 0.191 e. The summed E-state index contributed by atoms with van der Waals surface area (Å²) in [5.41, 5.74) is 1.20. The van der Waals surface area contributed by atoms with Crippen molar-refractivity contribution >= 4 is 9.84 Å². The zero-order valence-corrected chi connectivity index (χ0v) is 14.6. The van der Waals surface area contributed by atoms with E-state index in [2.05, 4.69) is 6.58 Å². The molecule has 1 fully saturated rings. The zero-order chi connectivity index (χ0) is 17.7. The van der Waals surface area contributed by atoms with Crippen molar-refractivity contribution in [3.8, 4) is 0 Å². The highest BCUT2D eigenvalue weighted by Crippen LogP contribution is 2.60. The molecule has 2 aliphatic carbocycles. The van der Waals surface area contributed by atoms with E-state index in [4.69, 9.17) is 0 Å². The lowest BCUT2D eigenvalue weighted by Crippen LogP contribution is -2.49. The van der Waals surface area contributed by atoms with E-state index < -0.39 is 20.7 Å². The maximum Gasteiger partial charge on any atom is 0.191 e. The van der Waals surface area contributed by atoms with E-state index in [1.807, 2.05) is 30.4 Å². The van der Waals surface area contributed by atoms with Gasteiger partial charge in [0.15, 0.2) is 9.84 Å². The molecule has 0 spiro atoms. The Morgan fingerprint density at radius 3 is 2.16 bits per heavy atom. The molecule has 2 aromatic rings. The number of allylic oxidation sites excluding steroid dienone is 2. The van der Waals surface area contributed by atoms with Crippen molar-refractivity contribution in [2.75, 3.05) is 0 Å². The summed E-state index contributed by atoms with van der Waals surface area (Å²) in [7, 11) is -3.83. The minimum Gasteiger partial charge on any atom is -0.386 e. The lowest BCUT2D eigenvalue weighted by molar-refractivity contribution is 0.127. The largest absolute Gasteiger partial charge is 0.386 e. The molecule has 1 saturated carbocycles. The van der Waals surface area contributed by atoms with Crippen LogP contribution in [-0.2, 0) is 9.84 Å². The highest BCUT2D eigenvalue weighted by molar-refractivity contribution is 7.93. The van der Waals surface area contributed by atoms with Gasteiger partial charge in [-0.3, -0.25) is 0 Å². The Kier molecular flexibility index (Phi) is 3.71. The monoisotopic (exact) mass is 352 g/mol. The average Bonchev–Trinajstić information content (AvgIpc) is 3.23. The number of sulfone groups is 1. The summed E-state index contributed by atoms with van der Waals surface area (Å²) in [6.45, 7) is 4.14. The first-order chi connectivity index (χ1) is 12.0. The first kappa shape index (κ1) is 16.3. The van der Waals surface area contributed by atoms with E-state index in [9.17, 15) is 13.5 Å². The van der Waals surface area contributed by atoms with Crippen molar-refractivity contribution in [1.29, 1.82) is 0 Å². The molecule has 3 nitrogen and oxygen atoms in total. The summed E-state index contributed by atoms with van der Waals surface area (Å²) in [4.78, 5) is 0.229. The highest BCUT2D eigenvalue weighted by atomic mass is 32.2. The topological polar surface area (TPSA) is 54.4 Å². The van der Waals surface area contributed by atoms with Gasteiger partial charge in [-0.05, 0) is 35.6 Å². The summed E-state index contributed by atoms with van der Waals surface area (Å²) < 4.78 is 26.0. The van der Waals surface area contributed by atoms with Crippen molar-refractivity contribution in [1.82, 2.24) is 0 Å². The van der Waals surface area contributed by atoms with Crippen LogP contribution in [0.4, 0.5) is 0 Å². The molecular weight excluding hydrogens is 332 g/mol. The van der Waals surface area contributed by atoms with E-state index in [-0.39, 0.29) is 16.7 Å². The van der Waals surface area contributed by atoms with Gasteiger partial charge in [-0.15, -0.1) is 0 Å². The summed E-state index contributed by atoms with van der Waals surface area (Å²) in [5, 5.41) is 11.3. The molecule has 2 aromatic carbocycles. The number of aliphatic hydroxyl groups is 1. The van der Waals surface area contributed by atoms with Gasteiger partial charge in [0.2, 0.25) is 0 Å². The number of hydrogen-bond donors (Lipinski definition) is 1. The Morgan fingerprint density at radius 1 is 1.00 bits per heavy atom. The van der Waals surface area contributed by atoms with E-state index in [0.29, 0.717) is 17.6 Å². The minimum atomic E-state index is -3.83. The number of rotatable bonds is 4. The van der Waals surface area contributed by atoms with Crippen LogP contribution in [0.3, 0.4) is 0 Å². The van der Waals surface area contributed by atoms with Crippen LogP contribution in [0.25, 0.3) is 0 Å². The molecule has 0 aliphatic heterocycles. The summed E-state index contributed by atoms with van der Waals surface area (Å²) in [6, 6.07) is 17.4. The first-order valence-electron chi connectivity index (χ1n) is 8.40. The highest BCUT2D eigenvalue weighted by Gasteiger charge is 2.63. The molecule has 0 unspecified atom stereocenters. The lowest BCUT2D eigenvalue weighted by atomic mass is 9.81. The molecule has 0 radical (unpaired) electrons. The summed E-state index contributed by atoms with van der Waals surface area (Å²) >= 11 is 0. The predicted octanol–water partition coefficient (Wildman–Crippen LogP) is 3.69. The molecule has 0 saturated heterocycles. The second-order valence-electron chi connectivity index (χ2n) is 6.78. The molecule has 0 aromatic heterocycles. The zero-order valence-electron chi connectivity index (χ0n) is 13.7. The molecule has 2 bridgehead atoms. The van der Waals surface area contributed by atoms with Crippen LogP contribution >= 0.6 is 0 Å². The number of fused-ring (bicyclic) bond motifs is 2. The second kappa shape index (κ2) is 5.68. The fourth-order valence-corrected chi connectivity index (χ4v) is 6.78. The maximum atomic E-state index is 13.7. The number of benzene rings is 2. The molecule has 1 N–H and O–H groups in total. The number of hydrogen-bond acceptors (Lipinski definition) is 3. The molecule has 0 heterocycles. The molecule has 25 heavy (non-hydrogen) atoms. The lowest BCUT2D eigenvalue weighted by Gasteiger charge is -2.40. The van der Waals surface area contributed by atoms with Gasteiger partial charge in [0.25, 0.3) is 0 Å². The summed E-state index contributed by atoms with van der Waals surface area (Å²) in [5.74, 6) is -0.271. The normalized spacial score (nSPS) is 29.1. The summed E-state index contributed by atoms with van der Waals surface area (Å²) in [6.07, 6.45) is 3.48. The predicted molar refractivity (Wildman–Crippen MR) is 97.6 cm³/mol. The van der Waals surface area contributed by atoms with Crippen LogP contribution in [0.15, 0.2) is 89.9 Å². The van der Waals surface area contributed by atoms with Crippen molar-refractivity contribution in [3.63, 3.8) is 0 Å². The first-order valence-corrected chi connectivity index (χ1v) is 9.88.